The van der Waals surface area contributed by atoms with Gasteiger partial charge in [-0.2, -0.15) is 0 Å². The van der Waals surface area contributed by atoms with Crippen molar-refractivity contribution in [2.45, 2.75) is 57.3 Å². The summed E-state index contributed by atoms with van der Waals surface area (Å²) in [4.78, 5) is 0. The van der Waals surface area contributed by atoms with Gasteiger partial charge in [-0.25, -0.2) is 0 Å². The molecule has 3 nitrogen and oxygen atoms in total. The van der Waals surface area contributed by atoms with E-state index < -0.39 is 0 Å². The molecule has 3 aromatic rings. The molecule has 0 spiro atoms. The maximum Gasteiger partial charge on any atom is 0.115 e. The number of benzene rings is 3. The number of aromatic hydroxyl groups is 3. The van der Waals surface area contributed by atoms with E-state index in [-0.39, 0.29) is 16.9 Å². The van der Waals surface area contributed by atoms with Gasteiger partial charge in [-0.1, -0.05) is 56.7 Å². The van der Waals surface area contributed by atoms with E-state index >= 15 is 0 Å². The van der Waals surface area contributed by atoms with Crippen LogP contribution in [0.3, 0.4) is 0 Å². The Morgan fingerprint density at radius 1 is 0.719 bits per heavy atom. The van der Waals surface area contributed by atoms with Crippen LogP contribution in [0, 0.1) is 11.8 Å². The summed E-state index contributed by atoms with van der Waals surface area (Å²) >= 11 is 0. The standard InChI is InChI=1S/C29H34O3/c1-3-20(2)28(21-4-10-25(30)11-5-21)22-16-18-29(19-17-22,23-6-12-26(31)13-7-23)24-8-14-27(32)15-9-24/h4-15,20,22,28,30-32H,3,16-19H2,1-2H3. The fourth-order valence-corrected chi connectivity index (χ4v) is 5.81. The zero-order valence-corrected chi connectivity index (χ0v) is 19.0. The van der Waals surface area contributed by atoms with Crippen LogP contribution in [0.25, 0.3) is 0 Å². The van der Waals surface area contributed by atoms with Crippen LogP contribution < -0.4 is 0 Å². The predicted octanol–water partition coefficient (Wildman–Crippen LogP) is 7.11. The molecule has 3 aromatic carbocycles. The lowest BCUT2D eigenvalue weighted by Gasteiger charge is -2.44. The van der Waals surface area contributed by atoms with E-state index in [4.69, 9.17) is 0 Å². The maximum absolute atomic E-state index is 9.84. The fourth-order valence-electron chi connectivity index (χ4n) is 5.81. The van der Waals surface area contributed by atoms with Crippen LogP contribution in [0.5, 0.6) is 17.2 Å². The minimum Gasteiger partial charge on any atom is -0.508 e. The van der Waals surface area contributed by atoms with E-state index in [0.717, 1.165) is 32.1 Å². The number of phenols is 3. The van der Waals surface area contributed by atoms with E-state index in [9.17, 15) is 15.3 Å². The highest BCUT2D eigenvalue weighted by molar-refractivity contribution is 5.43. The van der Waals surface area contributed by atoms with Crippen molar-refractivity contribution >= 4 is 0 Å². The van der Waals surface area contributed by atoms with Gasteiger partial charge in [-0.3, -0.25) is 0 Å². The quantitative estimate of drug-likeness (QED) is 0.390. The summed E-state index contributed by atoms with van der Waals surface area (Å²) in [5.41, 5.74) is 3.66. The first-order valence-electron chi connectivity index (χ1n) is 11.8. The monoisotopic (exact) mass is 430 g/mol. The van der Waals surface area contributed by atoms with E-state index in [1.54, 1.807) is 24.3 Å². The van der Waals surface area contributed by atoms with Gasteiger partial charge in [0.25, 0.3) is 0 Å². The first kappa shape index (κ1) is 22.3. The molecule has 3 heteroatoms. The van der Waals surface area contributed by atoms with Crippen LogP contribution in [0.1, 0.15) is 68.6 Å². The highest BCUT2D eigenvalue weighted by Gasteiger charge is 2.41. The molecule has 0 saturated heterocycles. The zero-order chi connectivity index (χ0) is 22.7. The van der Waals surface area contributed by atoms with Gasteiger partial charge >= 0.3 is 0 Å². The summed E-state index contributed by atoms with van der Waals surface area (Å²) in [5.74, 6) is 2.51. The molecule has 1 aliphatic carbocycles. The van der Waals surface area contributed by atoms with Gasteiger partial charge in [0.1, 0.15) is 17.2 Å². The Morgan fingerprint density at radius 3 is 1.53 bits per heavy atom. The van der Waals surface area contributed by atoms with E-state index in [2.05, 4.69) is 50.2 Å². The molecule has 168 valence electrons. The van der Waals surface area contributed by atoms with Gasteiger partial charge in [0.15, 0.2) is 0 Å². The summed E-state index contributed by atoms with van der Waals surface area (Å²) in [6.45, 7) is 4.61. The molecule has 0 bridgehead atoms. The average molecular weight is 431 g/mol. The Hall–Kier alpha value is -2.94. The molecule has 0 aliphatic heterocycles. The molecule has 3 N–H and O–H groups in total. The minimum absolute atomic E-state index is 0.118. The van der Waals surface area contributed by atoms with Crippen molar-refractivity contribution in [2.75, 3.05) is 0 Å². The molecule has 0 amide bonds. The number of phenolic OH excluding ortho intramolecular Hbond substituents is 3. The van der Waals surface area contributed by atoms with Crippen LogP contribution in [-0.2, 0) is 5.41 Å². The Labute approximate surface area is 191 Å². The molecule has 2 atom stereocenters. The van der Waals surface area contributed by atoms with E-state index in [1.165, 1.54) is 16.7 Å². The molecular weight excluding hydrogens is 396 g/mol. The molecule has 0 radical (unpaired) electrons. The van der Waals surface area contributed by atoms with Crippen molar-refractivity contribution in [3.63, 3.8) is 0 Å². The first-order chi connectivity index (χ1) is 15.4. The summed E-state index contributed by atoms with van der Waals surface area (Å²) in [6.07, 6.45) is 5.40. The summed E-state index contributed by atoms with van der Waals surface area (Å²) in [7, 11) is 0. The SMILES string of the molecule is CCC(C)C(c1ccc(O)cc1)C1CCC(c2ccc(O)cc2)(c2ccc(O)cc2)CC1. The highest BCUT2D eigenvalue weighted by atomic mass is 16.3. The molecule has 1 aliphatic rings. The Bertz CT molecular complexity index is 950. The third-order valence-corrected chi connectivity index (χ3v) is 7.77. The second-order valence-corrected chi connectivity index (χ2v) is 9.52. The Morgan fingerprint density at radius 2 is 1.12 bits per heavy atom. The lowest BCUT2D eigenvalue weighted by atomic mass is 9.59. The normalized spacial score (nSPS) is 18.2. The zero-order valence-electron chi connectivity index (χ0n) is 19.0. The lowest BCUT2D eigenvalue weighted by Crippen LogP contribution is -2.35. The van der Waals surface area contributed by atoms with Crippen LogP contribution in [-0.4, -0.2) is 15.3 Å². The van der Waals surface area contributed by atoms with Crippen molar-refractivity contribution < 1.29 is 15.3 Å². The van der Waals surface area contributed by atoms with E-state index in [0.29, 0.717) is 23.5 Å². The molecule has 2 unspecified atom stereocenters. The predicted molar refractivity (Wildman–Crippen MR) is 129 cm³/mol. The van der Waals surface area contributed by atoms with Crippen LogP contribution >= 0.6 is 0 Å². The lowest BCUT2D eigenvalue weighted by molar-refractivity contribution is 0.201. The van der Waals surface area contributed by atoms with Gasteiger partial charge in [0.2, 0.25) is 0 Å². The molecule has 0 aromatic heterocycles. The largest absolute Gasteiger partial charge is 0.508 e. The molecule has 1 saturated carbocycles. The Balaban J connectivity index is 1.66. The van der Waals surface area contributed by atoms with Crippen molar-refractivity contribution in [1.82, 2.24) is 0 Å². The van der Waals surface area contributed by atoms with Gasteiger partial charge in [-0.15, -0.1) is 0 Å². The number of hydrogen-bond donors (Lipinski definition) is 3. The third-order valence-electron chi connectivity index (χ3n) is 7.77. The second kappa shape index (κ2) is 9.28. The molecule has 0 heterocycles. The smallest absolute Gasteiger partial charge is 0.115 e. The number of hydrogen-bond acceptors (Lipinski definition) is 3. The second-order valence-electron chi connectivity index (χ2n) is 9.52. The molecule has 32 heavy (non-hydrogen) atoms. The summed E-state index contributed by atoms with van der Waals surface area (Å²) in [6, 6.07) is 23.1. The molecule has 1 fully saturated rings. The first-order valence-corrected chi connectivity index (χ1v) is 11.8. The summed E-state index contributed by atoms with van der Waals surface area (Å²) < 4.78 is 0. The van der Waals surface area contributed by atoms with Crippen molar-refractivity contribution in [1.29, 1.82) is 0 Å². The Kier molecular flexibility index (Phi) is 6.45. The fraction of sp³-hybridized carbons (Fsp3) is 0.379. The minimum atomic E-state index is -0.118. The van der Waals surface area contributed by atoms with Crippen molar-refractivity contribution in [2.24, 2.45) is 11.8 Å². The molecule has 4 rings (SSSR count). The highest BCUT2D eigenvalue weighted by Crippen LogP contribution is 2.51. The van der Waals surface area contributed by atoms with Gasteiger partial charge < -0.3 is 15.3 Å². The average Bonchev–Trinajstić information content (AvgIpc) is 2.82. The van der Waals surface area contributed by atoms with Crippen LogP contribution in [0.15, 0.2) is 72.8 Å². The van der Waals surface area contributed by atoms with Gasteiger partial charge in [0.05, 0.1) is 0 Å². The van der Waals surface area contributed by atoms with Crippen LogP contribution in [0.4, 0.5) is 0 Å². The third kappa shape index (κ3) is 4.34. The van der Waals surface area contributed by atoms with E-state index in [1.807, 2.05) is 12.1 Å². The summed E-state index contributed by atoms with van der Waals surface area (Å²) in [5, 5.41) is 29.5. The van der Waals surface area contributed by atoms with Crippen molar-refractivity contribution in [3.05, 3.63) is 89.5 Å². The van der Waals surface area contributed by atoms with Gasteiger partial charge in [0, 0.05) is 5.41 Å². The molecular formula is C29H34O3. The maximum atomic E-state index is 9.84. The topological polar surface area (TPSA) is 60.7 Å². The van der Waals surface area contributed by atoms with Crippen molar-refractivity contribution in [3.8, 4) is 17.2 Å². The number of rotatable bonds is 6. The van der Waals surface area contributed by atoms with Gasteiger partial charge in [-0.05, 0) is 96.5 Å². The van der Waals surface area contributed by atoms with Crippen LogP contribution in [0.2, 0.25) is 0 Å².